The van der Waals surface area contributed by atoms with Crippen LogP contribution in [0.25, 0.3) is 0 Å². The van der Waals surface area contributed by atoms with Gasteiger partial charge in [0.25, 0.3) is 0 Å². The predicted octanol–water partition coefficient (Wildman–Crippen LogP) is 2.87. The van der Waals surface area contributed by atoms with Gasteiger partial charge in [-0.25, -0.2) is 0 Å². The fourth-order valence-electron chi connectivity index (χ4n) is 2.68. The van der Waals surface area contributed by atoms with E-state index in [4.69, 9.17) is 5.26 Å². The fraction of sp³-hybridized carbons (Fsp3) is 0.857. The summed E-state index contributed by atoms with van der Waals surface area (Å²) in [6.07, 6.45) is 6.95. The first-order valence-electron chi connectivity index (χ1n) is 6.84. The molecule has 0 saturated heterocycles. The van der Waals surface area contributed by atoms with Gasteiger partial charge in [0, 0.05) is 6.54 Å². The second kappa shape index (κ2) is 7.32. The van der Waals surface area contributed by atoms with E-state index < -0.39 is 5.92 Å². The molecule has 0 radical (unpaired) electrons. The largest absolute Gasteiger partial charge is 0.355 e. The minimum Gasteiger partial charge on any atom is -0.355 e. The van der Waals surface area contributed by atoms with Crippen LogP contribution in [0.5, 0.6) is 0 Å². The first kappa shape index (κ1) is 14.0. The minimum atomic E-state index is -0.472. The molecule has 0 aliphatic heterocycles. The van der Waals surface area contributed by atoms with E-state index in [1.807, 2.05) is 13.0 Å². The third-order valence-electron chi connectivity index (χ3n) is 3.78. The molecule has 1 aliphatic rings. The number of carbonyl (C=O) groups excluding carboxylic acids is 1. The summed E-state index contributed by atoms with van der Waals surface area (Å²) in [4.78, 5) is 11.6. The highest BCUT2D eigenvalue weighted by Gasteiger charge is 2.19. The van der Waals surface area contributed by atoms with Gasteiger partial charge in [0.2, 0.25) is 5.91 Å². The molecule has 3 atom stereocenters. The van der Waals surface area contributed by atoms with Crippen molar-refractivity contribution in [3.8, 4) is 6.07 Å². The molecule has 0 spiro atoms. The number of hydrogen-bond acceptors (Lipinski definition) is 2. The van der Waals surface area contributed by atoms with Crippen LogP contribution in [-0.2, 0) is 4.79 Å². The van der Waals surface area contributed by atoms with Crippen LogP contribution in [0.3, 0.4) is 0 Å². The average molecular weight is 236 g/mol. The zero-order valence-electron chi connectivity index (χ0n) is 11.0. The molecule has 1 aliphatic carbocycles. The zero-order valence-corrected chi connectivity index (χ0v) is 11.0. The molecule has 17 heavy (non-hydrogen) atoms. The Bertz CT molecular complexity index is 282. The van der Waals surface area contributed by atoms with E-state index in [0.717, 1.165) is 24.8 Å². The summed E-state index contributed by atoms with van der Waals surface area (Å²) in [6, 6.07) is 2.03. The lowest BCUT2D eigenvalue weighted by molar-refractivity contribution is -0.123. The molecule has 3 heteroatoms. The van der Waals surface area contributed by atoms with Crippen LogP contribution in [0.15, 0.2) is 0 Å². The van der Waals surface area contributed by atoms with Crippen LogP contribution in [0.1, 0.15) is 52.4 Å². The number of nitrogens with one attached hydrogen (secondary N) is 1. The third-order valence-corrected chi connectivity index (χ3v) is 3.78. The quantitative estimate of drug-likeness (QED) is 0.798. The van der Waals surface area contributed by atoms with Crippen LogP contribution in [0, 0.1) is 29.1 Å². The van der Waals surface area contributed by atoms with Crippen LogP contribution >= 0.6 is 0 Å². The molecule has 1 saturated carbocycles. The van der Waals surface area contributed by atoms with Crippen LogP contribution < -0.4 is 5.32 Å². The van der Waals surface area contributed by atoms with Crippen molar-refractivity contribution in [2.75, 3.05) is 6.54 Å². The Morgan fingerprint density at radius 3 is 2.88 bits per heavy atom. The lowest BCUT2D eigenvalue weighted by Crippen LogP contribution is -2.31. The summed E-state index contributed by atoms with van der Waals surface area (Å²) in [6.45, 7) is 4.91. The Labute approximate surface area is 105 Å². The topological polar surface area (TPSA) is 52.9 Å². The molecular weight excluding hydrogens is 212 g/mol. The molecule has 0 bridgehead atoms. The zero-order chi connectivity index (χ0) is 12.7. The van der Waals surface area contributed by atoms with E-state index in [-0.39, 0.29) is 5.91 Å². The molecular formula is C14H24N2O. The van der Waals surface area contributed by atoms with Crippen LogP contribution in [-0.4, -0.2) is 12.5 Å². The number of rotatable bonds is 5. The SMILES string of the molecule is CCC(C#N)C(=O)NCCC1CCCC(C)C1. The Morgan fingerprint density at radius 2 is 2.29 bits per heavy atom. The highest BCUT2D eigenvalue weighted by Crippen LogP contribution is 2.30. The second-order valence-corrected chi connectivity index (χ2v) is 5.31. The highest BCUT2D eigenvalue weighted by molar-refractivity contribution is 5.80. The number of carbonyl (C=O) groups is 1. The normalized spacial score (nSPS) is 25.9. The molecule has 1 rings (SSSR count). The Balaban J connectivity index is 2.19. The van der Waals surface area contributed by atoms with E-state index in [2.05, 4.69) is 12.2 Å². The van der Waals surface area contributed by atoms with Crippen molar-refractivity contribution in [1.29, 1.82) is 5.26 Å². The van der Waals surface area contributed by atoms with Gasteiger partial charge in [0.15, 0.2) is 0 Å². The van der Waals surface area contributed by atoms with Crippen LogP contribution in [0.2, 0.25) is 0 Å². The van der Waals surface area contributed by atoms with Crippen molar-refractivity contribution < 1.29 is 4.79 Å². The van der Waals surface area contributed by atoms with Gasteiger partial charge < -0.3 is 5.32 Å². The standard InChI is InChI=1S/C14H24N2O/c1-3-13(10-15)14(17)16-8-7-12-6-4-5-11(2)9-12/h11-13H,3-9H2,1-2H3,(H,16,17). The van der Waals surface area contributed by atoms with E-state index >= 15 is 0 Å². The van der Waals surface area contributed by atoms with E-state index in [9.17, 15) is 4.79 Å². The Hall–Kier alpha value is -1.04. The van der Waals surface area contributed by atoms with E-state index in [1.165, 1.54) is 25.7 Å². The second-order valence-electron chi connectivity index (χ2n) is 5.31. The first-order chi connectivity index (χ1) is 8.17. The lowest BCUT2D eigenvalue weighted by Gasteiger charge is -2.26. The summed E-state index contributed by atoms with van der Waals surface area (Å²) in [5.41, 5.74) is 0. The molecule has 0 aromatic heterocycles. The average Bonchev–Trinajstić information content (AvgIpc) is 2.30. The van der Waals surface area contributed by atoms with Gasteiger partial charge in [0.1, 0.15) is 5.92 Å². The molecule has 3 nitrogen and oxygen atoms in total. The summed E-state index contributed by atoms with van der Waals surface area (Å²) in [7, 11) is 0. The van der Waals surface area contributed by atoms with E-state index in [1.54, 1.807) is 0 Å². The summed E-state index contributed by atoms with van der Waals surface area (Å²) >= 11 is 0. The summed E-state index contributed by atoms with van der Waals surface area (Å²) in [5, 5.41) is 11.7. The van der Waals surface area contributed by atoms with Crippen LogP contribution in [0.4, 0.5) is 0 Å². The molecule has 1 fully saturated rings. The molecule has 0 heterocycles. The fourth-order valence-corrected chi connectivity index (χ4v) is 2.68. The maximum absolute atomic E-state index is 11.6. The van der Waals surface area contributed by atoms with Crippen molar-refractivity contribution in [2.24, 2.45) is 17.8 Å². The van der Waals surface area contributed by atoms with Crippen molar-refractivity contribution in [1.82, 2.24) is 5.32 Å². The third kappa shape index (κ3) is 4.77. The van der Waals surface area contributed by atoms with Crippen molar-refractivity contribution in [3.05, 3.63) is 0 Å². The Kier molecular flexibility index (Phi) is 6.04. The maximum Gasteiger partial charge on any atom is 0.237 e. The molecule has 0 aromatic rings. The van der Waals surface area contributed by atoms with Gasteiger partial charge in [-0.1, -0.05) is 33.1 Å². The van der Waals surface area contributed by atoms with E-state index in [0.29, 0.717) is 6.42 Å². The predicted molar refractivity (Wildman–Crippen MR) is 68.1 cm³/mol. The summed E-state index contributed by atoms with van der Waals surface area (Å²) < 4.78 is 0. The van der Waals surface area contributed by atoms with Crippen molar-refractivity contribution >= 4 is 5.91 Å². The number of nitrogens with zero attached hydrogens (tertiary/aromatic N) is 1. The highest BCUT2D eigenvalue weighted by atomic mass is 16.1. The molecule has 1 N–H and O–H groups in total. The minimum absolute atomic E-state index is 0.0983. The van der Waals surface area contributed by atoms with Gasteiger partial charge in [-0.2, -0.15) is 5.26 Å². The van der Waals surface area contributed by atoms with Gasteiger partial charge in [-0.05, 0) is 31.1 Å². The van der Waals surface area contributed by atoms with Gasteiger partial charge in [-0.15, -0.1) is 0 Å². The smallest absolute Gasteiger partial charge is 0.237 e. The van der Waals surface area contributed by atoms with Gasteiger partial charge >= 0.3 is 0 Å². The van der Waals surface area contributed by atoms with Gasteiger partial charge in [-0.3, -0.25) is 4.79 Å². The molecule has 96 valence electrons. The number of hydrogen-bond donors (Lipinski definition) is 1. The monoisotopic (exact) mass is 236 g/mol. The number of amides is 1. The molecule has 1 amide bonds. The van der Waals surface area contributed by atoms with Gasteiger partial charge in [0.05, 0.1) is 6.07 Å². The molecule has 0 aromatic carbocycles. The number of nitriles is 1. The van der Waals surface area contributed by atoms with Crippen molar-refractivity contribution in [3.63, 3.8) is 0 Å². The molecule has 3 unspecified atom stereocenters. The lowest BCUT2D eigenvalue weighted by atomic mass is 9.81. The van der Waals surface area contributed by atoms with Crippen molar-refractivity contribution in [2.45, 2.75) is 52.4 Å². The summed E-state index contributed by atoms with van der Waals surface area (Å²) in [5.74, 6) is 1.03. The maximum atomic E-state index is 11.6. The first-order valence-corrected chi connectivity index (χ1v) is 6.84. The Morgan fingerprint density at radius 1 is 1.53 bits per heavy atom.